The molecule has 0 unspecified atom stereocenters. The van der Waals surface area contributed by atoms with Crippen LogP contribution in [0.3, 0.4) is 0 Å². The second-order valence-corrected chi connectivity index (χ2v) is 3.25. The van der Waals surface area contributed by atoms with Gasteiger partial charge in [-0.3, -0.25) is 4.90 Å². The maximum absolute atomic E-state index is 10.6. The number of nitrogens with one attached hydrogen (secondary N) is 1. The van der Waals surface area contributed by atoms with Gasteiger partial charge in [0.2, 0.25) is 0 Å². The molecule has 1 fully saturated rings. The maximum Gasteiger partial charge on any atom is 0.350 e. The zero-order valence-electron chi connectivity index (χ0n) is 8.00. The number of piperazine rings is 1. The summed E-state index contributed by atoms with van der Waals surface area (Å²) in [6, 6.07) is 0. The molecule has 0 spiro atoms. The summed E-state index contributed by atoms with van der Waals surface area (Å²) in [5, 5.41) is 3.26. The quantitative estimate of drug-likeness (QED) is 0.642. The molecule has 0 amide bonds. The Hall–Kier alpha value is -0.360. The molecule has 0 atom stereocenters. The Balaban J connectivity index is 1.94. The van der Waals surface area contributed by atoms with Crippen LogP contribution in [0.5, 0.6) is 0 Å². The van der Waals surface area contributed by atoms with Crippen LogP contribution in [0.2, 0.25) is 0 Å². The lowest BCUT2D eigenvalue weighted by Crippen LogP contribution is -2.44. The highest BCUT2D eigenvalue weighted by atomic mass is 35.5. The zero-order valence-corrected chi connectivity index (χ0v) is 8.76. The van der Waals surface area contributed by atoms with E-state index in [9.17, 15) is 4.79 Å². The summed E-state index contributed by atoms with van der Waals surface area (Å²) in [6.45, 7) is 5.40. The van der Waals surface area contributed by atoms with Gasteiger partial charge in [0.1, 0.15) is 18.5 Å². The third-order valence-corrected chi connectivity index (χ3v) is 2.24. The third kappa shape index (κ3) is 4.76. The summed E-state index contributed by atoms with van der Waals surface area (Å²) >= 11 is 4.83. The minimum atomic E-state index is -0.549. The number of nitrogens with zero attached hydrogens (tertiary/aromatic N) is 1. The Bertz CT molecular complexity index is 174. The van der Waals surface area contributed by atoms with Gasteiger partial charge in [0.25, 0.3) is 0 Å². The normalized spacial score (nSPS) is 18.1. The fourth-order valence-electron chi connectivity index (χ4n) is 1.31. The predicted octanol–water partition coefficient (Wildman–Crippen LogP) is -0.395. The first kappa shape index (κ1) is 11.7. The minimum Gasteiger partial charge on any atom is -0.368 e. The molecule has 1 rings (SSSR count). The highest BCUT2D eigenvalue weighted by Crippen LogP contribution is 1.92. The van der Waals surface area contributed by atoms with E-state index in [4.69, 9.17) is 16.6 Å². The van der Waals surface area contributed by atoms with Gasteiger partial charge in [0.15, 0.2) is 0 Å². The van der Waals surface area contributed by atoms with Crippen molar-refractivity contribution in [3.63, 3.8) is 0 Å². The van der Waals surface area contributed by atoms with Crippen LogP contribution in [-0.2, 0) is 13.8 Å². The van der Waals surface area contributed by atoms with Crippen molar-refractivity contribution in [3.05, 3.63) is 0 Å². The van der Waals surface area contributed by atoms with E-state index in [-0.39, 0.29) is 6.61 Å². The SMILES string of the molecule is O=C(COCCN1CCNCC1)OCl. The van der Waals surface area contributed by atoms with Crippen molar-refractivity contribution in [2.24, 2.45) is 0 Å². The molecule has 0 aliphatic carbocycles. The third-order valence-electron chi connectivity index (χ3n) is 2.07. The van der Waals surface area contributed by atoms with Gasteiger partial charge < -0.3 is 14.3 Å². The van der Waals surface area contributed by atoms with Crippen molar-refractivity contribution in [2.75, 3.05) is 45.9 Å². The van der Waals surface area contributed by atoms with Crippen LogP contribution in [0, 0.1) is 0 Å². The Morgan fingerprint density at radius 2 is 2.14 bits per heavy atom. The first-order chi connectivity index (χ1) is 6.83. The van der Waals surface area contributed by atoms with E-state index < -0.39 is 5.97 Å². The first-order valence-corrected chi connectivity index (χ1v) is 4.96. The van der Waals surface area contributed by atoms with Crippen LogP contribution in [0.1, 0.15) is 0 Å². The van der Waals surface area contributed by atoms with Gasteiger partial charge >= 0.3 is 5.97 Å². The van der Waals surface area contributed by atoms with Gasteiger partial charge in [-0.15, -0.1) is 0 Å². The van der Waals surface area contributed by atoms with Crippen LogP contribution < -0.4 is 5.32 Å². The number of ether oxygens (including phenoxy) is 1. The van der Waals surface area contributed by atoms with Crippen LogP contribution in [0.25, 0.3) is 0 Å². The van der Waals surface area contributed by atoms with Crippen molar-refractivity contribution in [1.82, 2.24) is 10.2 Å². The summed E-state index contributed by atoms with van der Waals surface area (Å²) in [6.07, 6.45) is 0. The standard InChI is InChI=1S/C8H15ClN2O3/c9-14-8(12)7-13-6-5-11-3-1-10-2-4-11/h10H,1-7H2. The molecule has 0 aromatic carbocycles. The van der Waals surface area contributed by atoms with Crippen LogP contribution in [-0.4, -0.2) is 56.8 Å². The Labute approximate surface area is 88.5 Å². The van der Waals surface area contributed by atoms with Crippen LogP contribution in [0.15, 0.2) is 0 Å². The summed E-state index contributed by atoms with van der Waals surface area (Å²) in [5.74, 6) is -0.549. The summed E-state index contributed by atoms with van der Waals surface area (Å²) < 4.78 is 8.99. The second kappa shape index (κ2) is 7.00. The van der Waals surface area contributed by atoms with Gasteiger partial charge in [-0.1, -0.05) is 0 Å². The highest BCUT2D eigenvalue weighted by Gasteiger charge is 2.09. The molecule has 0 bridgehead atoms. The molecule has 1 saturated heterocycles. The number of carbonyl (C=O) groups excluding carboxylic acids is 1. The van der Waals surface area contributed by atoms with Gasteiger partial charge in [0, 0.05) is 32.7 Å². The van der Waals surface area contributed by atoms with E-state index in [1.807, 2.05) is 0 Å². The molecule has 82 valence electrons. The highest BCUT2D eigenvalue weighted by molar-refractivity contribution is 6.13. The van der Waals surface area contributed by atoms with E-state index in [0.717, 1.165) is 32.7 Å². The van der Waals surface area contributed by atoms with Gasteiger partial charge in [-0.2, -0.15) is 0 Å². The van der Waals surface area contributed by atoms with Crippen molar-refractivity contribution in [2.45, 2.75) is 0 Å². The second-order valence-electron chi connectivity index (χ2n) is 3.09. The van der Waals surface area contributed by atoms with E-state index in [2.05, 4.69) is 14.5 Å². The zero-order chi connectivity index (χ0) is 10.2. The Kier molecular flexibility index (Phi) is 5.86. The molecule has 14 heavy (non-hydrogen) atoms. The fraction of sp³-hybridized carbons (Fsp3) is 0.875. The number of rotatable bonds is 5. The van der Waals surface area contributed by atoms with Gasteiger partial charge in [0.05, 0.1) is 6.61 Å². The van der Waals surface area contributed by atoms with Crippen molar-refractivity contribution in [3.8, 4) is 0 Å². The van der Waals surface area contributed by atoms with Gasteiger partial charge in [-0.05, 0) is 0 Å². The molecular formula is C8H15ClN2O3. The van der Waals surface area contributed by atoms with Crippen molar-refractivity contribution in [1.29, 1.82) is 0 Å². The number of halogens is 1. The van der Waals surface area contributed by atoms with Crippen LogP contribution in [0.4, 0.5) is 0 Å². The number of hydrogen-bond acceptors (Lipinski definition) is 5. The molecule has 0 aromatic rings. The molecule has 1 heterocycles. The van der Waals surface area contributed by atoms with E-state index >= 15 is 0 Å². The fourth-order valence-corrected chi connectivity index (χ4v) is 1.35. The molecule has 0 aromatic heterocycles. The molecule has 0 radical (unpaired) electrons. The summed E-state index contributed by atoms with van der Waals surface area (Å²) in [4.78, 5) is 12.8. The minimum absolute atomic E-state index is 0.0738. The number of carbonyl (C=O) groups is 1. The topological polar surface area (TPSA) is 50.8 Å². The van der Waals surface area contributed by atoms with Gasteiger partial charge in [-0.25, -0.2) is 4.79 Å². The molecular weight excluding hydrogens is 208 g/mol. The predicted molar refractivity (Wildman–Crippen MR) is 52.1 cm³/mol. The lowest BCUT2D eigenvalue weighted by molar-refractivity contribution is -0.139. The smallest absolute Gasteiger partial charge is 0.350 e. The number of hydrogen-bond donors (Lipinski definition) is 1. The van der Waals surface area contributed by atoms with Crippen molar-refractivity contribution >= 4 is 17.8 Å². The molecule has 6 heteroatoms. The Morgan fingerprint density at radius 3 is 2.79 bits per heavy atom. The largest absolute Gasteiger partial charge is 0.368 e. The molecule has 1 aliphatic rings. The Morgan fingerprint density at radius 1 is 1.43 bits per heavy atom. The van der Waals surface area contributed by atoms with E-state index in [1.165, 1.54) is 0 Å². The molecule has 1 N–H and O–H groups in total. The average Bonchev–Trinajstić information content (AvgIpc) is 2.25. The van der Waals surface area contributed by atoms with Crippen molar-refractivity contribution < 1.29 is 13.8 Å². The lowest BCUT2D eigenvalue weighted by Gasteiger charge is -2.26. The molecule has 0 saturated carbocycles. The average molecular weight is 223 g/mol. The first-order valence-electron chi connectivity index (χ1n) is 4.65. The maximum atomic E-state index is 10.6. The van der Waals surface area contributed by atoms with E-state index in [0.29, 0.717) is 6.61 Å². The summed E-state index contributed by atoms with van der Waals surface area (Å²) in [7, 11) is 0. The van der Waals surface area contributed by atoms with Crippen LogP contribution >= 0.6 is 11.9 Å². The lowest BCUT2D eigenvalue weighted by atomic mass is 10.4. The molecule has 5 nitrogen and oxygen atoms in total. The van der Waals surface area contributed by atoms with E-state index in [1.54, 1.807) is 0 Å². The monoisotopic (exact) mass is 222 g/mol. The molecule has 1 aliphatic heterocycles. The summed E-state index contributed by atoms with van der Waals surface area (Å²) in [5.41, 5.74) is 0.